The molecule has 9 unspecified atom stereocenters. The van der Waals surface area contributed by atoms with E-state index in [0.29, 0.717) is 24.9 Å². The van der Waals surface area contributed by atoms with Crippen LogP contribution in [0.15, 0.2) is 75.9 Å². The van der Waals surface area contributed by atoms with E-state index in [0.717, 1.165) is 0 Å². The van der Waals surface area contributed by atoms with Crippen LogP contribution in [-0.2, 0) is 28.6 Å². The van der Waals surface area contributed by atoms with E-state index in [-0.39, 0.29) is 17.5 Å². The predicted octanol–water partition coefficient (Wildman–Crippen LogP) is 3.20. The number of fused-ring (bicyclic) bond motifs is 2. The first kappa shape index (κ1) is 31.3. The third-order valence-corrected chi connectivity index (χ3v) is 8.14. The van der Waals surface area contributed by atoms with E-state index in [1.54, 1.807) is 54.7 Å². The fourth-order valence-corrected chi connectivity index (χ4v) is 5.80. The Morgan fingerprint density at radius 2 is 1.50 bits per heavy atom. The first-order valence-electron chi connectivity index (χ1n) is 14.4. The quantitative estimate of drug-likeness (QED) is 0.356. The summed E-state index contributed by atoms with van der Waals surface area (Å²) in [6, 6.07) is 15.5. The number of hydrogen-bond donors (Lipinski definition) is 2. The summed E-state index contributed by atoms with van der Waals surface area (Å²) in [7, 11) is 0. The number of aliphatic hydroxyl groups is 2. The summed E-state index contributed by atoms with van der Waals surface area (Å²) >= 11 is 0. The summed E-state index contributed by atoms with van der Waals surface area (Å²) < 4.78 is 44.6. The molecule has 11 nitrogen and oxygen atoms in total. The molecule has 2 aromatic rings. The summed E-state index contributed by atoms with van der Waals surface area (Å²) in [5.41, 5.74) is 0.617. The highest BCUT2D eigenvalue weighted by atomic mass is 19.1. The van der Waals surface area contributed by atoms with Crippen LogP contribution < -0.4 is 0 Å². The first-order valence-corrected chi connectivity index (χ1v) is 14.4. The van der Waals surface area contributed by atoms with Gasteiger partial charge in [-0.25, -0.2) is 8.78 Å². The van der Waals surface area contributed by atoms with Crippen molar-refractivity contribution >= 4 is 24.1 Å². The van der Waals surface area contributed by atoms with Crippen LogP contribution in [0.25, 0.3) is 0 Å². The molecule has 0 saturated carbocycles. The number of carbonyl (C=O) groups excluding carboxylic acids is 3. The van der Waals surface area contributed by atoms with E-state index in [2.05, 4.69) is 15.2 Å². The van der Waals surface area contributed by atoms with E-state index < -0.39 is 72.7 Å². The van der Waals surface area contributed by atoms with Gasteiger partial charge in [-0.15, -0.1) is 0 Å². The minimum absolute atomic E-state index is 0.250. The normalized spacial score (nSPS) is 31.2. The molecule has 234 valence electrons. The zero-order valence-corrected chi connectivity index (χ0v) is 23.8. The Bertz CT molecular complexity index is 1380. The first-order chi connectivity index (χ1) is 21.2. The molecule has 0 amide bonds. The lowest BCUT2D eigenvalue weighted by molar-refractivity contribution is -0.200. The van der Waals surface area contributed by atoms with Crippen LogP contribution in [-0.4, -0.2) is 83.5 Å². The number of azo groups is 1. The van der Waals surface area contributed by atoms with Crippen molar-refractivity contribution in [2.24, 2.45) is 27.1 Å². The van der Waals surface area contributed by atoms with Gasteiger partial charge >= 0.3 is 17.9 Å². The molecule has 11 atom stereocenters. The molecule has 2 aromatic carbocycles. The van der Waals surface area contributed by atoms with Crippen molar-refractivity contribution in [3.05, 3.63) is 71.8 Å². The summed E-state index contributed by atoms with van der Waals surface area (Å²) in [5, 5.41) is 28.3. The highest BCUT2D eigenvalue weighted by Crippen LogP contribution is 2.37. The molecule has 6 rings (SSSR count). The van der Waals surface area contributed by atoms with Crippen LogP contribution in [0.3, 0.4) is 0 Å². The van der Waals surface area contributed by atoms with Gasteiger partial charge in [0.05, 0.1) is 18.5 Å². The SMILES string of the molecule is CC(=O)OC1C2N=CCC2C(=O)O[C@H]1C(O)C(F)c1ccccc1.O=C1O[C@@H](C(O)C(F)c2ccccc2)CC2N=NCC12. The summed E-state index contributed by atoms with van der Waals surface area (Å²) in [5.74, 6) is -2.55. The van der Waals surface area contributed by atoms with Gasteiger partial charge in [0.15, 0.2) is 24.6 Å². The number of ether oxygens (including phenoxy) is 3. The van der Waals surface area contributed by atoms with E-state index >= 15 is 0 Å². The molecule has 0 radical (unpaired) electrons. The number of alkyl halides is 2. The zero-order valence-electron chi connectivity index (χ0n) is 23.8. The van der Waals surface area contributed by atoms with Crippen molar-refractivity contribution < 1.29 is 47.6 Å². The number of rotatable bonds is 7. The monoisotopic (exact) mass is 613 g/mol. The van der Waals surface area contributed by atoms with Gasteiger partial charge in [-0.05, 0) is 17.5 Å². The van der Waals surface area contributed by atoms with Crippen LogP contribution in [0.2, 0.25) is 0 Å². The zero-order chi connectivity index (χ0) is 31.4. The average molecular weight is 614 g/mol. The van der Waals surface area contributed by atoms with E-state index in [4.69, 9.17) is 14.2 Å². The summed E-state index contributed by atoms with van der Waals surface area (Å²) in [6.07, 6.45) is -7.39. The molecule has 2 saturated heterocycles. The van der Waals surface area contributed by atoms with Crippen molar-refractivity contribution in [1.29, 1.82) is 0 Å². The summed E-state index contributed by atoms with van der Waals surface area (Å²) in [6.45, 7) is 1.53. The van der Waals surface area contributed by atoms with Gasteiger partial charge in [0.1, 0.15) is 30.3 Å². The van der Waals surface area contributed by atoms with Crippen molar-refractivity contribution in [3.63, 3.8) is 0 Å². The molecule has 0 aromatic heterocycles. The van der Waals surface area contributed by atoms with Crippen molar-refractivity contribution in [2.75, 3.05) is 6.54 Å². The Morgan fingerprint density at radius 1 is 0.909 bits per heavy atom. The van der Waals surface area contributed by atoms with Gasteiger partial charge in [-0.3, -0.25) is 19.4 Å². The molecular formula is C31H33F2N3O8. The Hall–Kier alpha value is -4.10. The third kappa shape index (κ3) is 6.68. The number of aliphatic hydroxyl groups excluding tert-OH is 2. The molecule has 0 aliphatic carbocycles. The maximum atomic E-state index is 14.7. The number of nitrogens with zero attached hydrogens (tertiary/aromatic N) is 3. The van der Waals surface area contributed by atoms with Crippen LogP contribution in [0.1, 0.15) is 43.2 Å². The number of cyclic esters (lactones) is 2. The molecule has 4 aliphatic heterocycles. The Balaban J connectivity index is 0.000000177. The molecule has 2 fully saturated rings. The van der Waals surface area contributed by atoms with Crippen LogP contribution >= 0.6 is 0 Å². The molecule has 0 spiro atoms. The lowest BCUT2D eigenvalue weighted by Gasteiger charge is -2.39. The van der Waals surface area contributed by atoms with Gasteiger partial charge in [0.25, 0.3) is 0 Å². The van der Waals surface area contributed by atoms with Crippen molar-refractivity contribution in [3.8, 4) is 0 Å². The number of hydrogen-bond acceptors (Lipinski definition) is 11. The predicted molar refractivity (Wildman–Crippen MR) is 150 cm³/mol. The Labute approximate surface area is 251 Å². The Morgan fingerprint density at radius 3 is 2.11 bits per heavy atom. The van der Waals surface area contributed by atoms with E-state index in [1.165, 1.54) is 19.1 Å². The third-order valence-electron chi connectivity index (χ3n) is 8.14. The van der Waals surface area contributed by atoms with Gasteiger partial charge in [0, 0.05) is 19.6 Å². The minimum atomic E-state index is -1.79. The lowest BCUT2D eigenvalue weighted by Crippen LogP contribution is -2.57. The molecule has 44 heavy (non-hydrogen) atoms. The fraction of sp³-hybridized carbons (Fsp3) is 0.484. The molecule has 13 heteroatoms. The second-order valence-corrected chi connectivity index (χ2v) is 11.1. The van der Waals surface area contributed by atoms with E-state index in [1.807, 2.05) is 0 Å². The molecule has 2 N–H and O–H groups in total. The smallest absolute Gasteiger partial charge is 0.313 e. The number of esters is 3. The lowest BCUT2D eigenvalue weighted by atomic mass is 9.86. The standard InChI is InChI=1S/C17H18FNO5.C14H15FN2O3/c1-9(20)23-15-13-11(7-8-19-13)17(22)24-16(15)14(21)12(18)10-5-3-2-4-6-10;15-12(8-4-2-1-3-5-8)13(18)11-6-10-9(7-16-17-10)14(19)20-11/h2-6,8,11-16,21H,7H2,1H3;1-5,9-13,18H,6-7H2/t11?,12?,13?,14?,15?,16-;9?,10?,11-,12?,13?/m01/s1. The van der Waals surface area contributed by atoms with Crippen LogP contribution in [0.4, 0.5) is 8.78 Å². The largest absolute Gasteiger partial charge is 0.459 e. The number of benzene rings is 2. The minimum Gasteiger partial charge on any atom is -0.459 e. The maximum Gasteiger partial charge on any atom is 0.313 e. The highest BCUT2D eigenvalue weighted by molar-refractivity contribution is 5.81. The molecule has 0 bridgehead atoms. The van der Waals surface area contributed by atoms with Gasteiger partial charge < -0.3 is 24.4 Å². The second-order valence-electron chi connectivity index (χ2n) is 11.1. The Kier molecular flexibility index (Phi) is 9.74. The molecule has 4 aliphatic rings. The van der Waals surface area contributed by atoms with Gasteiger partial charge in [0.2, 0.25) is 0 Å². The van der Waals surface area contributed by atoms with Gasteiger partial charge in [-0.1, -0.05) is 60.7 Å². The van der Waals surface area contributed by atoms with Crippen LogP contribution in [0.5, 0.6) is 0 Å². The number of halogens is 2. The van der Waals surface area contributed by atoms with E-state index in [9.17, 15) is 33.4 Å². The van der Waals surface area contributed by atoms with Crippen LogP contribution in [0, 0.1) is 11.8 Å². The highest BCUT2D eigenvalue weighted by Gasteiger charge is 2.53. The van der Waals surface area contributed by atoms with Crippen molar-refractivity contribution in [1.82, 2.24) is 0 Å². The van der Waals surface area contributed by atoms with Crippen molar-refractivity contribution in [2.45, 2.75) is 74.7 Å². The average Bonchev–Trinajstić information content (AvgIpc) is 3.73. The number of carbonyl (C=O) groups is 3. The molecular weight excluding hydrogens is 580 g/mol. The summed E-state index contributed by atoms with van der Waals surface area (Å²) in [4.78, 5) is 39.4. The molecule has 4 heterocycles. The van der Waals surface area contributed by atoms with Gasteiger partial charge in [-0.2, -0.15) is 10.2 Å². The second kappa shape index (κ2) is 13.7. The number of aliphatic imine (C=N–C) groups is 1. The maximum absolute atomic E-state index is 14.7. The fourth-order valence-electron chi connectivity index (χ4n) is 5.80. The topological polar surface area (TPSA) is 156 Å².